The van der Waals surface area contributed by atoms with Crippen LogP contribution in [0.1, 0.15) is 36.6 Å². The molecule has 36 heavy (non-hydrogen) atoms. The Morgan fingerprint density at radius 2 is 1.44 bits per heavy atom. The molecule has 0 aliphatic carbocycles. The quantitative estimate of drug-likeness (QED) is 0.248. The van der Waals surface area contributed by atoms with Crippen molar-refractivity contribution in [3.8, 4) is 0 Å². The summed E-state index contributed by atoms with van der Waals surface area (Å²) in [6.07, 6.45) is -10.6. The van der Waals surface area contributed by atoms with E-state index in [-0.39, 0.29) is 29.7 Å². The van der Waals surface area contributed by atoms with Gasteiger partial charge < -0.3 is 14.9 Å². The Bertz CT molecular complexity index is 1070. The highest BCUT2D eigenvalue weighted by atomic mass is 79.9. The van der Waals surface area contributed by atoms with E-state index in [4.69, 9.17) is 28.3 Å². The molecule has 0 aliphatic heterocycles. The number of esters is 1. The number of halogens is 9. The molecular weight excluding hydrogens is 617 g/mol. The number of ether oxygens (including phenoxy) is 1. The van der Waals surface area contributed by atoms with Crippen LogP contribution >= 0.6 is 39.1 Å². The minimum absolute atomic E-state index is 0.0499. The standard InChI is InChI=1S/C9H9BrClF3N2O2.C9H10ClF3N2O3/c1-2-18-6(17)4-16-5(3-10)7(11)8(15-16)9(12,13)14;1-4(16)2-5-7(10)8(9(11,12)13)14-15(5)3-6(17)18/h2-4H2,1H3;4,16H,2-3H2,1H3,(H,17,18). The second-order valence-electron chi connectivity index (χ2n) is 6.91. The SMILES string of the molecule is CC(O)Cc1c(Cl)c(C(F)(F)F)nn1CC(=O)O.CCOC(=O)Cn1nc(C(F)(F)F)c(Cl)c1CBr. The lowest BCUT2D eigenvalue weighted by Crippen LogP contribution is -2.17. The van der Waals surface area contributed by atoms with Crippen LogP contribution in [0, 0.1) is 0 Å². The molecule has 1 atom stereocenters. The minimum atomic E-state index is -4.77. The predicted octanol–water partition coefficient (Wildman–Crippen LogP) is 4.58. The van der Waals surface area contributed by atoms with Crippen molar-refractivity contribution in [3.05, 3.63) is 32.8 Å². The molecule has 0 aliphatic rings. The van der Waals surface area contributed by atoms with Crippen LogP contribution in [0.2, 0.25) is 10.0 Å². The van der Waals surface area contributed by atoms with Crippen molar-refractivity contribution in [1.29, 1.82) is 0 Å². The highest BCUT2D eigenvalue weighted by Crippen LogP contribution is 2.37. The van der Waals surface area contributed by atoms with E-state index < -0.39 is 64.9 Å². The molecular formula is C18H19BrCl2F6N4O5. The highest BCUT2D eigenvalue weighted by Gasteiger charge is 2.40. The summed E-state index contributed by atoms with van der Waals surface area (Å²) in [6, 6.07) is 0. The van der Waals surface area contributed by atoms with Crippen molar-refractivity contribution in [2.24, 2.45) is 0 Å². The Morgan fingerprint density at radius 3 is 1.81 bits per heavy atom. The molecule has 0 radical (unpaired) electrons. The molecule has 2 aromatic rings. The van der Waals surface area contributed by atoms with Crippen LogP contribution < -0.4 is 0 Å². The number of alkyl halides is 7. The second-order valence-corrected chi connectivity index (χ2v) is 8.23. The summed E-state index contributed by atoms with van der Waals surface area (Å²) in [4.78, 5) is 21.8. The number of aliphatic carboxylic acids is 1. The normalized spacial score (nSPS) is 12.7. The predicted molar refractivity (Wildman–Crippen MR) is 117 cm³/mol. The zero-order chi connectivity index (χ0) is 28.0. The van der Waals surface area contributed by atoms with Gasteiger partial charge in [0, 0.05) is 11.8 Å². The molecule has 0 amide bonds. The van der Waals surface area contributed by atoms with Gasteiger partial charge in [0.2, 0.25) is 0 Å². The van der Waals surface area contributed by atoms with Crippen molar-refractivity contribution in [1.82, 2.24) is 19.6 Å². The molecule has 0 bridgehead atoms. The number of hydrogen-bond acceptors (Lipinski definition) is 6. The first kappa shape index (κ1) is 32.0. The lowest BCUT2D eigenvalue weighted by molar-refractivity contribution is -0.146. The second kappa shape index (κ2) is 13.0. The van der Waals surface area contributed by atoms with Gasteiger partial charge in [0.15, 0.2) is 11.4 Å². The summed E-state index contributed by atoms with van der Waals surface area (Å²) in [5, 5.41) is 23.1. The lowest BCUT2D eigenvalue weighted by Gasteiger charge is -2.07. The van der Waals surface area contributed by atoms with Gasteiger partial charge in [-0.3, -0.25) is 19.0 Å². The van der Waals surface area contributed by atoms with E-state index in [2.05, 4.69) is 30.9 Å². The van der Waals surface area contributed by atoms with E-state index in [9.17, 15) is 41.0 Å². The van der Waals surface area contributed by atoms with Gasteiger partial charge in [-0.15, -0.1) is 0 Å². The van der Waals surface area contributed by atoms with Gasteiger partial charge >= 0.3 is 24.3 Å². The van der Waals surface area contributed by atoms with Gasteiger partial charge in [-0.2, -0.15) is 36.5 Å². The van der Waals surface area contributed by atoms with E-state index >= 15 is 0 Å². The van der Waals surface area contributed by atoms with Gasteiger partial charge in [0.1, 0.15) is 13.1 Å². The van der Waals surface area contributed by atoms with Crippen LogP contribution in [0.15, 0.2) is 0 Å². The number of nitrogens with zero attached hydrogens (tertiary/aromatic N) is 4. The third kappa shape index (κ3) is 8.81. The Hall–Kier alpha value is -2.04. The zero-order valence-electron chi connectivity index (χ0n) is 18.4. The Morgan fingerprint density at radius 1 is 1.00 bits per heavy atom. The first-order chi connectivity index (χ1) is 16.4. The lowest BCUT2D eigenvalue weighted by atomic mass is 10.2. The number of carboxylic acid groups (broad SMARTS) is 1. The molecule has 0 saturated heterocycles. The summed E-state index contributed by atoms with van der Waals surface area (Å²) in [5.41, 5.74) is -2.62. The largest absolute Gasteiger partial charge is 0.480 e. The third-order valence-corrected chi connectivity index (χ3v) is 5.33. The highest BCUT2D eigenvalue weighted by molar-refractivity contribution is 9.08. The van der Waals surface area contributed by atoms with E-state index in [0.29, 0.717) is 4.68 Å². The van der Waals surface area contributed by atoms with Crippen molar-refractivity contribution in [2.45, 2.75) is 57.1 Å². The number of rotatable bonds is 8. The van der Waals surface area contributed by atoms with E-state index in [0.717, 1.165) is 4.68 Å². The molecule has 0 spiro atoms. The molecule has 1 unspecified atom stereocenters. The number of aliphatic hydroxyl groups excluding tert-OH is 1. The van der Waals surface area contributed by atoms with Crippen LogP contribution in [0.4, 0.5) is 26.3 Å². The summed E-state index contributed by atoms with van der Waals surface area (Å²) in [6.45, 7) is 1.92. The maximum atomic E-state index is 12.6. The molecule has 2 heterocycles. The average molecular weight is 636 g/mol. The molecule has 0 saturated carbocycles. The third-order valence-electron chi connectivity index (χ3n) is 4.01. The molecule has 2 N–H and O–H groups in total. The number of hydrogen-bond donors (Lipinski definition) is 2. The molecule has 9 nitrogen and oxygen atoms in total. The van der Waals surface area contributed by atoms with Gasteiger partial charge in [-0.25, -0.2) is 0 Å². The van der Waals surface area contributed by atoms with Crippen LogP contribution in [0.25, 0.3) is 0 Å². The first-order valence-corrected chi connectivity index (χ1v) is 11.6. The van der Waals surface area contributed by atoms with E-state index in [1.165, 1.54) is 6.92 Å². The smallest absolute Gasteiger partial charge is 0.436 e. The Kier molecular flexibility index (Phi) is 11.5. The number of aromatic nitrogens is 4. The fourth-order valence-electron chi connectivity index (χ4n) is 2.63. The molecule has 0 fully saturated rings. The minimum Gasteiger partial charge on any atom is -0.480 e. The van der Waals surface area contributed by atoms with Crippen molar-refractivity contribution < 1.29 is 50.9 Å². The fourth-order valence-corrected chi connectivity index (χ4v) is 3.99. The Balaban J connectivity index is 0.000000360. The summed E-state index contributed by atoms with van der Waals surface area (Å²) < 4.78 is 81.5. The van der Waals surface area contributed by atoms with Crippen molar-refractivity contribution in [2.75, 3.05) is 6.61 Å². The van der Waals surface area contributed by atoms with Crippen LogP contribution in [0.3, 0.4) is 0 Å². The van der Waals surface area contributed by atoms with Gasteiger partial charge in [-0.05, 0) is 13.8 Å². The first-order valence-electron chi connectivity index (χ1n) is 9.70. The van der Waals surface area contributed by atoms with Gasteiger partial charge in [0.25, 0.3) is 0 Å². The number of carbonyl (C=O) groups is 2. The number of carbonyl (C=O) groups excluding carboxylic acids is 1. The molecule has 204 valence electrons. The van der Waals surface area contributed by atoms with E-state index in [1.807, 2.05) is 0 Å². The van der Waals surface area contributed by atoms with Crippen LogP contribution in [-0.4, -0.2) is 54.4 Å². The number of carboxylic acids is 1. The number of aliphatic hydroxyl groups is 1. The maximum absolute atomic E-state index is 12.6. The van der Waals surface area contributed by atoms with E-state index in [1.54, 1.807) is 6.92 Å². The maximum Gasteiger partial charge on any atom is 0.436 e. The zero-order valence-corrected chi connectivity index (χ0v) is 21.5. The molecule has 0 aromatic carbocycles. The summed E-state index contributed by atoms with van der Waals surface area (Å²) in [7, 11) is 0. The van der Waals surface area contributed by atoms with Crippen molar-refractivity contribution in [3.63, 3.8) is 0 Å². The molecule has 2 rings (SSSR count). The summed E-state index contributed by atoms with van der Waals surface area (Å²) in [5.74, 6) is -2.03. The molecule has 18 heteroatoms. The fraction of sp³-hybridized carbons (Fsp3) is 0.556. The van der Waals surface area contributed by atoms with Gasteiger partial charge in [-0.1, -0.05) is 39.1 Å². The Labute approximate surface area is 218 Å². The van der Waals surface area contributed by atoms with Crippen LogP contribution in [-0.2, 0) is 51.5 Å². The molecule has 2 aromatic heterocycles. The van der Waals surface area contributed by atoms with Crippen LogP contribution in [0.5, 0.6) is 0 Å². The van der Waals surface area contributed by atoms with Gasteiger partial charge in [0.05, 0.1) is 34.1 Å². The summed E-state index contributed by atoms with van der Waals surface area (Å²) >= 11 is 14.1. The average Bonchev–Trinajstić information content (AvgIpc) is 3.18. The van der Waals surface area contributed by atoms with Crippen molar-refractivity contribution >= 4 is 51.1 Å². The topological polar surface area (TPSA) is 119 Å². The monoisotopic (exact) mass is 634 g/mol.